The van der Waals surface area contributed by atoms with Gasteiger partial charge in [-0.25, -0.2) is 0 Å². The summed E-state index contributed by atoms with van der Waals surface area (Å²) < 4.78 is 37.5. The maximum atomic E-state index is 12.5. The van der Waals surface area contributed by atoms with Crippen LogP contribution in [-0.4, -0.2) is 5.91 Å². The van der Waals surface area contributed by atoms with E-state index in [9.17, 15) is 18.0 Å². The molecular weight excluding hydrogens is 231 g/mol. The lowest BCUT2D eigenvalue weighted by atomic mass is 10.1. The van der Waals surface area contributed by atoms with Crippen molar-refractivity contribution in [3.8, 4) is 0 Å². The number of alkyl halides is 3. The monoisotopic (exact) mass is 243 g/mol. The third kappa shape index (κ3) is 2.78. The number of benzene rings is 1. The van der Waals surface area contributed by atoms with Crippen LogP contribution in [0, 0.1) is 12.8 Å². The summed E-state index contributed by atoms with van der Waals surface area (Å²) in [6.07, 6.45) is -2.74. The van der Waals surface area contributed by atoms with Gasteiger partial charge in [-0.15, -0.1) is 0 Å². The molecule has 0 aliphatic heterocycles. The molecule has 17 heavy (non-hydrogen) atoms. The molecule has 1 aliphatic carbocycles. The first kappa shape index (κ1) is 12.0. The first-order valence-corrected chi connectivity index (χ1v) is 5.36. The van der Waals surface area contributed by atoms with Crippen molar-refractivity contribution < 1.29 is 18.0 Å². The Kier molecular flexibility index (Phi) is 2.85. The Hall–Kier alpha value is -1.52. The molecule has 0 radical (unpaired) electrons. The molecule has 1 aromatic carbocycles. The predicted molar refractivity (Wildman–Crippen MR) is 57.5 cm³/mol. The number of hydrogen-bond donors (Lipinski definition) is 1. The number of rotatable bonds is 2. The Labute approximate surface area is 96.8 Å². The van der Waals surface area contributed by atoms with Crippen LogP contribution >= 0.6 is 0 Å². The number of aryl methyl sites for hydroxylation is 1. The molecule has 92 valence electrons. The highest BCUT2D eigenvalue weighted by molar-refractivity contribution is 5.94. The zero-order valence-corrected chi connectivity index (χ0v) is 9.27. The summed E-state index contributed by atoms with van der Waals surface area (Å²) in [6.45, 7) is 1.67. The van der Waals surface area contributed by atoms with E-state index in [2.05, 4.69) is 5.32 Å². The van der Waals surface area contributed by atoms with Crippen LogP contribution in [0.15, 0.2) is 18.2 Å². The zero-order chi connectivity index (χ0) is 12.6. The molecule has 0 atom stereocenters. The minimum Gasteiger partial charge on any atom is -0.326 e. The highest BCUT2D eigenvalue weighted by atomic mass is 19.4. The zero-order valence-electron chi connectivity index (χ0n) is 9.27. The molecule has 1 aromatic rings. The molecule has 0 saturated heterocycles. The van der Waals surface area contributed by atoms with Crippen molar-refractivity contribution in [2.24, 2.45) is 5.92 Å². The summed E-state index contributed by atoms with van der Waals surface area (Å²) in [6, 6.07) is 3.36. The predicted octanol–water partition coefficient (Wildman–Crippen LogP) is 3.36. The summed E-state index contributed by atoms with van der Waals surface area (Å²) in [5, 5.41) is 2.55. The van der Waals surface area contributed by atoms with Gasteiger partial charge in [0.05, 0.1) is 5.56 Å². The molecule has 1 amide bonds. The van der Waals surface area contributed by atoms with E-state index in [4.69, 9.17) is 0 Å². The second kappa shape index (κ2) is 4.05. The molecule has 1 saturated carbocycles. The van der Waals surface area contributed by atoms with Gasteiger partial charge in [-0.1, -0.05) is 6.07 Å². The van der Waals surface area contributed by atoms with Gasteiger partial charge in [-0.05, 0) is 37.5 Å². The maximum absolute atomic E-state index is 12.5. The minimum absolute atomic E-state index is 0.0241. The molecular formula is C12H12F3NO. The van der Waals surface area contributed by atoms with Crippen LogP contribution in [0.5, 0.6) is 0 Å². The number of anilines is 1. The summed E-state index contributed by atoms with van der Waals surface area (Å²) >= 11 is 0. The molecule has 1 N–H and O–H groups in total. The average Bonchev–Trinajstić information content (AvgIpc) is 3.02. The van der Waals surface area contributed by atoms with Crippen LogP contribution in [0.1, 0.15) is 24.0 Å². The van der Waals surface area contributed by atoms with E-state index in [1.165, 1.54) is 6.07 Å². The van der Waals surface area contributed by atoms with Crippen molar-refractivity contribution in [1.29, 1.82) is 0 Å². The minimum atomic E-state index is -4.38. The first-order chi connectivity index (χ1) is 7.88. The summed E-state index contributed by atoms with van der Waals surface area (Å²) in [4.78, 5) is 11.5. The van der Waals surface area contributed by atoms with Crippen molar-refractivity contribution >= 4 is 11.6 Å². The number of nitrogens with one attached hydrogen (secondary N) is 1. The van der Waals surface area contributed by atoms with Crippen LogP contribution < -0.4 is 5.32 Å². The lowest BCUT2D eigenvalue weighted by molar-refractivity contribution is -0.137. The third-order valence-corrected chi connectivity index (χ3v) is 2.77. The highest BCUT2D eigenvalue weighted by Gasteiger charge is 2.32. The Morgan fingerprint density at radius 3 is 2.53 bits per heavy atom. The van der Waals surface area contributed by atoms with Gasteiger partial charge in [0.25, 0.3) is 0 Å². The van der Waals surface area contributed by atoms with Gasteiger partial charge in [-0.2, -0.15) is 13.2 Å². The van der Waals surface area contributed by atoms with Crippen LogP contribution in [0.4, 0.5) is 18.9 Å². The van der Waals surface area contributed by atoms with Crippen molar-refractivity contribution in [2.45, 2.75) is 25.9 Å². The fourth-order valence-electron chi connectivity index (χ4n) is 1.51. The number of carbonyl (C=O) groups excluding carboxylic acids is 1. The van der Waals surface area contributed by atoms with Gasteiger partial charge in [0.2, 0.25) is 5.91 Å². The van der Waals surface area contributed by atoms with Crippen molar-refractivity contribution in [2.75, 3.05) is 5.32 Å². The molecule has 0 heterocycles. The third-order valence-electron chi connectivity index (χ3n) is 2.77. The molecule has 0 unspecified atom stereocenters. The Morgan fingerprint density at radius 1 is 1.35 bits per heavy atom. The topological polar surface area (TPSA) is 29.1 Å². The molecule has 2 nitrogen and oxygen atoms in total. The second-order valence-electron chi connectivity index (χ2n) is 4.29. The Bertz CT molecular complexity index is 450. The average molecular weight is 243 g/mol. The van der Waals surface area contributed by atoms with Crippen LogP contribution in [0.2, 0.25) is 0 Å². The molecule has 1 fully saturated rings. The fraction of sp³-hybridized carbons (Fsp3) is 0.417. The maximum Gasteiger partial charge on any atom is 0.416 e. The molecule has 0 aromatic heterocycles. The quantitative estimate of drug-likeness (QED) is 0.847. The smallest absolute Gasteiger partial charge is 0.326 e. The highest BCUT2D eigenvalue weighted by Crippen LogP contribution is 2.34. The van der Waals surface area contributed by atoms with Gasteiger partial charge < -0.3 is 5.32 Å². The molecule has 1 aliphatic rings. The van der Waals surface area contributed by atoms with Crippen molar-refractivity contribution in [3.05, 3.63) is 29.3 Å². The number of amides is 1. The van der Waals surface area contributed by atoms with E-state index < -0.39 is 11.7 Å². The van der Waals surface area contributed by atoms with Gasteiger partial charge >= 0.3 is 6.18 Å². The van der Waals surface area contributed by atoms with Crippen molar-refractivity contribution in [1.82, 2.24) is 0 Å². The van der Waals surface area contributed by atoms with Crippen LogP contribution in [0.25, 0.3) is 0 Å². The van der Waals surface area contributed by atoms with E-state index >= 15 is 0 Å². The van der Waals surface area contributed by atoms with E-state index in [1.54, 1.807) is 6.92 Å². The Balaban J connectivity index is 2.22. The normalized spacial score (nSPS) is 15.8. The van der Waals surface area contributed by atoms with Crippen LogP contribution in [0.3, 0.4) is 0 Å². The van der Waals surface area contributed by atoms with Crippen LogP contribution in [-0.2, 0) is 11.0 Å². The summed E-state index contributed by atoms with van der Waals surface area (Å²) in [5.41, 5.74) is 0.137. The first-order valence-electron chi connectivity index (χ1n) is 5.36. The van der Waals surface area contributed by atoms with E-state index in [-0.39, 0.29) is 17.5 Å². The SMILES string of the molecule is Cc1ccc(C(F)(F)F)cc1NC(=O)C1CC1. The van der Waals surface area contributed by atoms with E-state index in [0.29, 0.717) is 5.56 Å². The summed E-state index contributed by atoms with van der Waals surface area (Å²) in [7, 11) is 0. The van der Waals surface area contributed by atoms with Gasteiger partial charge in [0.1, 0.15) is 0 Å². The molecule has 0 spiro atoms. The summed E-state index contributed by atoms with van der Waals surface area (Å²) in [5.74, 6) is -0.212. The second-order valence-corrected chi connectivity index (χ2v) is 4.29. The number of hydrogen-bond acceptors (Lipinski definition) is 1. The lowest BCUT2D eigenvalue weighted by Gasteiger charge is -2.12. The van der Waals surface area contributed by atoms with E-state index in [0.717, 1.165) is 25.0 Å². The number of halogens is 3. The largest absolute Gasteiger partial charge is 0.416 e. The molecule has 5 heteroatoms. The van der Waals surface area contributed by atoms with Crippen molar-refractivity contribution in [3.63, 3.8) is 0 Å². The fourth-order valence-corrected chi connectivity index (χ4v) is 1.51. The lowest BCUT2D eigenvalue weighted by Crippen LogP contribution is -2.15. The van der Waals surface area contributed by atoms with Gasteiger partial charge in [-0.3, -0.25) is 4.79 Å². The molecule has 2 rings (SSSR count). The standard InChI is InChI=1S/C12H12F3NO/c1-7-2-5-9(12(13,14)15)6-10(7)16-11(17)8-3-4-8/h2,5-6,8H,3-4H2,1H3,(H,16,17). The molecule has 0 bridgehead atoms. The van der Waals surface area contributed by atoms with Gasteiger partial charge in [0, 0.05) is 11.6 Å². The Morgan fingerprint density at radius 2 is 2.00 bits per heavy atom. The number of carbonyl (C=O) groups is 1. The van der Waals surface area contributed by atoms with Gasteiger partial charge in [0.15, 0.2) is 0 Å². The van der Waals surface area contributed by atoms with E-state index in [1.807, 2.05) is 0 Å².